The Balaban J connectivity index is 0.00000114. The van der Waals surface area contributed by atoms with E-state index in [2.05, 4.69) is 73.7 Å². The van der Waals surface area contributed by atoms with E-state index in [9.17, 15) is 4.79 Å². The van der Waals surface area contributed by atoms with Crippen LogP contribution in [0.5, 0.6) is 0 Å². The Morgan fingerprint density at radius 2 is 1.72 bits per heavy atom. The SMILES string of the molecule is Cc1ccc(-c2cc(C(=O)N(C)CC(C)C)cc(C(C)c3cnccn3)c2)cc1.NC=O. The molecule has 2 N–H and O–H groups in total. The van der Waals surface area contributed by atoms with Crippen molar-refractivity contribution in [1.29, 1.82) is 0 Å². The summed E-state index contributed by atoms with van der Waals surface area (Å²) in [5.41, 5.74) is 10.2. The number of primary amides is 1. The highest BCUT2D eigenvalue weighted by atomic mass is 16.2. The van der Waals surface area contributed by atoms with E-state index in [1.165, 1.54) is 5.56 Å². The van der Waals surface area contributed by atoms with Gasteiger partial charge in [0.15, 0.2) is 0 Å². The Bertz CT molecular complexity index is 1020. The van der Waals surface area contributed by atoms with Crippen LogP contribution in [0.15, 0.2) is 61.1 Å². The third-order valence-corrected chi connectivity index (χ3v) is 5.10. The van der Waals surface area contributed by atoms with Crippen molar-refractivity contribution in [2.75, 3.05) is 13.6 Å². The first kappa shape index (κ1) is 24.7. The molecule has 6 heteroatoms. The van der Waals surface area contributed by atoms with Crippen LogP contribution >= 0.6 is 0 Å². The maximum Gasteiger partial charge on any atom is 0.253 e. The molecule has 0 spiro atoms. The largest absolute Gasteiger partial charge is 0.372 e. The van der Waals surface area contributed by atoms with Crippen molar-refractivity contribution in [1.82, 2.24) is 14.9 Å². The number of hydrogen-bond acceptors (Lipinski definition) is 4. The fourth-order valence-corrected chi connectivity index (χ4v) is 3.49. The van der Waals surface area contributed by atoms with Crippen molar-refractivity contribution in [2.45, 2.75) is 33.6 Å². The van der Waals surface area contributed by atoms with Gasteiger partial charge in [0.1, 0.15) is 0 Å². The van der Waals surface area contributed by atoms with Crippen molar-refractivity contribution in [3.8, 4) is 11.1 Å². The second-order valence-electron chi connectivity index (χ2n) is 8.28. The minimum absolute atomic E-state index is 0.0380. The molecule has 6 nitrogen and oxygen atoms in total. The topological polar surface area (TPSA) is 89.2 Å². The van der Waals surface area contributed by atoms with E-state index in [4.69, 9.17) is 4.79 Å². The molecule has 1 heterocycles. The lowest BCUT2D eigenvalue weighted by molar-refractivity contribution is -0.106. The summed E-state index contributed by atoms with van der Waals surface area (Å²) in [5.74, 6) is 0.499. The van der Waals surface area contributed by atoms with Crippen LogP contribution in [0, 0.1) is 12.8 Å². The number of aryl methyl sites for hydroxylation is 1. The van der Waals surface area contributed by atoms with E-state index in [0.29, 0.717) is 11.5 Å². The van der Waals surface area contributed by atoms with Crippen LogP contribution in [-0.4, -0.2) is 40.8 Å². The van der Waals surface area contributed by atoms with Crippen molar-refractivity contribution < 1.29 is 9.59 Å². The van der Waals surface area contributed by atoms with E-state index in [1.807, 2.05) is 19.2 Å². The summed E-state index contributed by atoms with van der Waals surface area (Å²) in [4.78, 5) is 32.2. The zero-order valence-corrected chi connectivity index (χ0v) is 19.4. The van der Waals surface area contributed by atoms with Crippen LogP contribution in [0.2, 0.25) is 0 Å². The van der Waals surface area contributed by atoms with Crippen LogP contribution < -0.4 is 5.73 Å². The molecule has 0 aliphatic rings. The highest BCUT2D eigenvalue weighted by Crippen LogP contribution is 2.29. The maximum absolute atomic E-state index is 13.1. The van der Waals surface area contributed by atoms with Gasteiger partial charge in [-0.15, -0.1) is 0 Å². The summed E-state index contributed by atoms with van der Waals surface area (Å²) in [6.45, 7) is 9.14. The van der Waals surface area contributed by atoms with Crippen LogP contribution in [0.1, 0.15) is 53.9 Å². The second-order valence-corrected chi connectivity index (χ2v) is 8.28. The first-order valence-electron chi connectivity index (χ1n) is 10.7. The van der Waals surface area contributed by atoms with Crippen LogP contribution in [0.3, 0.4) is 0 Å². The molecule has 0 fully saturated rings. The summed E-state index contributed by atoms with van der Waals surface area (Å²) in [5, 5.41) is 0. The monoisotopic (exact) mass is 432 g/mol. The van der Waals surface area contributed by atoms with Gasteiger partial charge in [0.2, 0.25) is 6.41 Å². The van der Waals surface area contributed by atoms with Crippen molar-refractivity contribution in [3.63, 3.8) is 0 Å². The van der Waals surface area contributed by atoms with E-state index >= 15 is 0 Å². The minimum Gasteiger partial charge on any atom is -0.372 e. The fourth-order valence-electron chi connectivity index (χ4n) is 3.49. The maximum atomic E-state index is 13.1. The smallest absolute Gasteiger partial charge is 0.253 e. The van der Waals surface area contributed by atoms with E-state index < -0.39 is 0 Å². The highest BCUT2D eigenvalue weighted by molar-refractivity contribution is 5.95. The summed E-state index contributed by atoms with van der Waals surface area (Å²) in [7, 11) is 1.87. The summed E-state index contributed by atoms with van der Waals surface area (Å²) >= 11 is 0. The number of nitrogens with two attached hydrogens (primary N) is 1. The number of rotatable bonds is 6. The number of carbonyl (C=O) groups excluding carboxylic acids is 2. The molecule has 168 valence electrons. The van der Waals surface area contributed by atoms with Gasteiger partial charge < -0.3 is 10.6 Å². The van der Waals surface area contributed by atoms with Crippen LogP contribution in [0.25, 0.3) is 11.1 Å². The Morgan fingerprint density at radius 3 is 2.28 bits per heavy atom. The molecule has 1 atom stereocenters. The molecule has 3 rings (SSSR count). The first-order valence-corrected chi connectivity index (χ1v) is 10.7. The number of amides is 2. The number of nitrogens with zero attached hydrogens (tertiary/aromatic N) is 3. The zero-order valence-electron chi connectivity index (χ0n) is 19.4. The van der Waals surface area contributed by atoms with Gasteiger partial charge in [-0.25, -0.2) is 0 Å². The molecule has 3 aromatic rings. The predicted octanol–water partition coefficient (Wildman–Crippen LogP) is 4.43. The van der Waals surface area contributed by atoms with Crippen molar-refractivity contribution in [2.24, 2.45) is 11.7 Å². The van der Waals surface area contributed by atoms with Crippen LogP contribution in [-0.2, 0) is 4.79 Å². The lowest BCUT2D eigenvalue weighted by Gasteiger charge is -2.21. The lowest BCUT2D eigenvalue weighted by Crippen LogP contribution is -2.30. The zero-order chi connectivity index (χ0) is 23.7. The molecule has 2 aromatic carbocycles. The first-order chi connectivity index (χ1) is 15.3. The fraction of sp³-hybridized carbons (Fsp3) is 0.308. The molecule has 0 aliphatic heterocycles. The third-order valence-electron chi connectivity index (χ3n) is 5.10. The molecule has 32 heavy (non-hydrogen) atoms. The van der Waals surface area contributed by atoms with Gasteiger partial charge in [-0.1, -0.05) is 56.7 Å². The molecule has 0 bridgehead atoms. The van der Waals surface area contributed by atoms with Gasteiger partial charge in [-0.05, 0) is 41.7 Å². The van der Waals surface area contributed by atoms with Gasteiger partial charge in [0, 0.05) is 43.7 Å². The third kappa shape index (κ3) is 6.74. The highest BCUT2D eigenvalue weighted by Gasteiger charge is 2.18. The summed E-state index contributed by atoms with van der Waals surface area (Å²) in [6.07, 6.45) is 5.42. The van der Waals surface area contributed by atoms with Crippen molar-refractivity contribution >= 4 is 12.3 Å². The Hall–Kier alpha value is -3.54. The average molecular weight is 433 g/mol. The Morgan fingerprint density at radius 1 is 1.06 bits per heavy atom. The van der Waals surface area contributed by atoms with Gasteiger partial charge in [0.05, 0.1) is 5.69 Å². The summed E-state index contributed by atoms with van der Waals surface area (Å²) < 4.78 is 0. The number of hydrogen-bond donors (Lipinski definition) is 1. The Kier molecular flexibility index (Phi) is 9.08. The van der Waals surface area contributed by atoms with Gasteiger partial charge >= 0.3 is 0 Å². The second kappa shape index (κ2) is 11.7. The quantitative estimate of drug-likeness (QED) is 0.584. The van der Waals surface area contributed by atoms with Gasteiger partial charge in [-0.2, -0.15) is 0 Å². The predicted molar refractivity (Wildman–Crippen MR) is 128 cm³/mol. The molecule has 1 aromatic heterocycles. The minimum atomic E-state index is 0.0380. The number of benzene rings is 2. The molecule has 2 amide bonds. The standard InChI is InChI=1S/C25H29N3O.CH3NO/c1-17(2)16-28(5)25(29)23-13-21(19(4)24-15-26-10-11-27-24)12-22(14-23)20-8-6-18(3)7-9-20;2-1-3/h6-15,17,19H,16H2,1-5H3;1H,(H2,2,3). The molecule has 0 saturated heterocycles. The van der Waals surface area contributed by atoms with Gasteiger partial charge in [0.25, 0.3) is 5.91 Å². The molecule has 1 unspecified atom stereocenters. The lowest BCUT2D eigenvalue weighted by atomic mass is 9.91. The van der Waals surface area contributed by atoms with Crippen molar-refractivity contribution in [3.05, 3.63) is 83.4 Å². The molecular weight excluding hydrogens is 400 g/mol. The molecular formula is C26H32N4O2. The number of aromatic nitrogens is 2. The van der Waals surface area contributed by atoms with Gasteiger partial charge in [-0.3, -0.25) is 19.6 Å². The van der Waals surface area contributed by atoms with Crippen LogP contribution in [0.4, 0.5) is 0 Å². The van der Waals surface area contributed by atoms with E-state index in [1.54, 1.807) is 23.5 Å². The molecule has 0 radical (unpaired) electrons. The Labute approximate surface area is 190 Å². The average Bonchev–Trinajstić information content (AvgIpc) is 2.79. The number of carbonyl (C=O) groups is 2. The molecule has 0 saturated carbocycles. The van der Waals surface area contributed by atoms with E-state index in [0.717, 1.165) is 28.9 Å². The summed E-state index contributed by atoms with van der Waals surface area (Å²) in [6, 6.07) is 14.6. The molecule has 0 aliphatic carbocycles. The normalized spacial score (nSPS) is 11.3. The van der Waals surface area contributed by atoms with E-state index in [-0.39, 0.29) is 18.2 Å².